The first-order chi connectivity index (χ1) is 9.24. The lowest BCUT2D eigenvalue weighted by atomic mass is 10.2. The molecule has 0 amide bonds. The Bertz CT molecular complexity index is 474. The Balaban J connectivity index is 1.94. The molecule has 0 spiro atoms. The number of morpholine rings is 1. The predicted octanol–water partition coefficient (Wildman–Crippen LogP) is 1.74. The molecule has 1 N–H and O–H groups in total. The number of anilines is 1. The van der Waals surface area contributed by atoms with Gasteiger partial charge < -0.3 is 10.1 Å². The average molecular weight is 281 g/mol. The highest BCUT2D eigenvalue weighted by Gasteiger charge is 2.19. The van der Waals surface area contributed by atoms with Crippen LogP contribution in [0.5, 0.6) is 0 Å². The second-order valence-electron chi connectivity index (χ2n) is 4.40. The summed E-state index contributed by atoms with van der Waals surface area (Å²) in [5.74, 6) is 0.540. The fraction of sp³-hybridized carbons (Fsp3) is 0.538. The van der Waals surface area contributed by atoms with Gasteiger partial charge in [0.2, 0.25) is 0 Å². The van der Waals surface area contributed by atoms with E-state index in [4.69, 9.17) is 21.6 Å². The lowest BCUT2D eigenvalue weighted by molar-refractivity contribution is -0.0192. The van der Waals surface area contributed by atoms with E-state index in [-0.39, 0.29) is 6.10 Å². The summed E-state index contributed by atoms with van der Waals surface area (Å²) < 4.78 is 5.69. The molecule has 1 aliphatic rings. The molecular weight excluding hydrogens is 264 g/mol. The van der Waals surface area contributed by atoms with E-state index in [9.17, 15) is 0 Å². The molecule has 19 heavy (non-hydrogen) atoms. The summed E-state index contributed by atoms with van der Waals surface area (Å²) in [5, 5.41) is 12.4. The van der Waals surface area contributed by atoms with Gasteiger partial charge in [-0.2, -0.15) is 5.26 Å². The number of rotatable bonds is 4. The molecule has 1 saturated heterocycles. The number of nitriles is 1. The standard InChI is InChI=1S/C13H17ClN4O/c1-2-18-5-6-19-11(9-18)8-17-13-12(14)10(7-15)3-4-16-13/h3-4,11H,2,5-6,8-9H2,1H3,(H,16,17). The van der Waals surface area contributed by atoms with Gasteiger partial charge in [0.25, 0.3) is 0 Å². The van der Waals surface area contributed by atoms with Gasteiger partial charge in [0.05, 0.1) is 18.3 Å². The summed E-state index contributed by atoms with van der Waals surface area (Å²) in [6.07, 6.45) is 1.70. The van der Waals surface area contributed by atoms with Crippen LogP contribution in [-0.4, -0.2) is 48.8 Å². The number of halogens is 1. The molecule has 1 aromatic heterocycles. The van der Waals surface area contributed by atoms with Crippen LogP contribution in [-0.2, 0) is 4.74 Å². The van der Waals surface area contributed by atoms with Crippen LogP contribution in [0.1, 0.15) is 12.5 Å². The highest BCUT2D eigenvalue weighted by atomic mass is 35.5. The second-order valence-corrected chi connectivity index (χ2v) is 4.78. The summed E-state index contributed by atoms with van der Waals surface area (Å²) in [6.45, 7) is 6.44. The molecule has 1 fully saturated rings. The highest BCUT2D eigenvalue weighted by Crippen LogP contribution is 2.22. The molecular formula is C13H17ClN4O. The maximum Gasteiger partial charge on any atom is 0.146 e. The summed E-state index contributed by atoms with van der Waals surface area (Å²) in [4.78, 5) is 6.49. The number of hydrogen-bond donors (Lipinski definition) is 1. The first kappa shape index (κ1) is 14.1. The minimum absolute atomic E-state index is 0.123. The Hall–Kier alpha value is -1.35. The average Bonchev–Trinajstić information content (AvgIpc) is 2.46. The van der Waals surface area contributed by atoms with Crippen LogP contribution in [0.3, 0.4) is 0 Å². The third-order valence-corrected chi connectivity index (χ3v) is 3.56. The van der Waals surface area contributed by atoms with Gasteiger partial charge in [0.15, 0.2) is 0 Å². The Morgan fingerprint density at radius 2 is 2.53 bits per heavy atom. The normalized spacial score (nSPS) is 19.9. The molecule has 1 aliphatic heterocycles. The molecule has 2 heterocycles. The second kappa shape index (κ2) is 6.71. The first-order valence-corrected chi connectivity index (χ1v) is 6.74. The maximum atomic E-state index is 8.91. The predicted molar refractivity (Wildman–Crippen MR) is 74.3 cm³/mol. The quantitative estimate of drug-likeness (QED) is 0.910. The number of pyridine rings is 1. The van der Waals surface area contributed by atoms with Gasteiger partial charge in [0.1, 0.15) is 16.9 Å². The molecule has 5 nitrogen and oxygen atoms in total. The van der Waals surface area contributed by atoms with Gasteiger partial charge >= 0.3 is 0 Å². The van der Waals surface area contributed by atoms with Crippen LogP contribution in [0, 0.1) is 11.3 Å². The minimum Gasteiger partial charge on any atom is -0.374 e. The molecule has 1 atom stereocenters. The van der Waals surface area contributed by atoms with Gasteiger partial charge in [-0.1, -0.05) is 18.5 Å². The molecule has 102 valence electrons. The van der Waals surface area contributed by atoms with Gasteiger partial charge in [-0.05, 0) is 12.6 Å². The Morgan fingerprint density at radius 3 is 3.26 bits per heavy atom. The lowest BCUT2D eigenvalue weighted by Crippen LogP contribution is -2.45. The van der Waals surface area contributed by atoms with E-state index < -0.39 is 0 Å². The van der Waals surface area contributed by atoms with Crippen molar-refractivity contribution in [2.45, 2.75) is 13.0 Å². The topological polar surface area (TPSA) is 61.2 Å². The minimum atomic E-state index is 0.123. The first-order valence-electron chi connectivity index (χ1n) is 6.37. The molecule has 1 aromatic rings. The van der Waals surface area contributed by atoms with Crippen molar-refractivity contribution in [2.75, 3.05) is 38.1 Å². The van der Waals surface area contributed by atoms with Crippen molar-refractivity contribution in [1.29, 1.82) is 5.26 Å². The third-order valence-electron chi connectivity index (χ3n) is 3.18. The van der Waals surface area contributed by atoms with Gasteiger partial charge in [-0.3, -0.25) is 4.90 Å². The van der Waals surface area contributed by atoms with E-state index in [0.29, 0.717) is 22.9 Å². The van der Waals surface area contributed by atoms with E-state index in [1.165, 1.54) is 0 Å². The van der Waals surface area contributed by atoms with Gasteiger partial charge in [0, 0.05) is 25.8 Å². The zero-order chi connectivity index (χ0) is 13.7. The Kier molecular flexibility index (Phi) is 4.97. The van der Waals surface area contributed by atoms with E-state index >= 15 is 0 Å². The molecule has 6 heteroatoms. The SMILES string of the molecule is CCN1CCOC(CNc2nccc(C#N)c2Cl)C1. The fourth-order valence-electron chi connectivity index (χ4n) is 2.05. The van der Waals surface area contributed by atoms with Gasteiger partial charge in [-0.25, -0.2) is 4.98 Å². The molecule has 0 saturated carbocycles. The number of aromatic nitrogens is 1. The van der Waals surface area contributed by atoms with Crippen LogP contribution in [0.4, 0.5) is 5.82 Å². The van der Waals surface area contributed by atoms with Crippen molar-refractivity contribution in [3.8, 4) is 6.07 Å². The highest BCUT2D eigenvalue weighted by molar-refractivity contribution is 6.34. The fourth-order valence-corrected chi connectivity index (χ4v) is 2.28. The number of likely N-dealkylation sites (N-methyl/N-ethyl adjacent to an activating group) is 1. The summed E-state index contributed by atoms with van der Waals surface area (Å²) in [6, 6.07) is 3.64. The van der Waals surface area contributed by atoms with E-state index in [1.807, 2.05) is 6.07 Å². The van der Waals surface area contributed by atoms with Crippen molar-refractivity contribution < 1.29 is 4.74 Å². The van der Waals surface area contributed by atoms with Crippen LogP contribution in [0.15, 0.2) is 12.3 Å². The van der Waals surface area contributed by atoms with Crippen molar-refractivity contribution in [2.24, 2.45) is 0 Å². The van der Waals surface area contributed by atoms with E-state index in [2.05, 4.69) is 22.1 Å². The molecule has 2 rings (SSSR count). The van der Waals surface area contributed by atoms with Crippen LogP contribution in [0.2, 0.25) is 5.02 Å². The molecule has 1 unspecified atom stereocenters. The van der Waals surface area contributed by atoms with Crippen LogP contribution in [0.25, 0.3) is 0 Å². The van der Waals surface area contributed by atoms with Crippen molar-refractivity contribution in [1.82, 2.24) is 9.88 Å². The zero-order valence-electron chi connectivity index (χ0n) is 10.9. The third kappa shape index (κ3) is 3.57. The summed E-state index contributed by atoms with van der Waals surface area (Å²) in [7, 11) is 0. The van der Waals surface area contributed by atoms with Crippen molar-refractivity contribution in [3.05, 3.63) is 22.8 Å². The van der Waals surface area contributed by atoms with E-state index in [0.717, 1.165) is 26.2 Å². The molecule has 0 radical (unpaired) electrons. The van der Waals surface area contributed by atoms with Crippen molar-refractivity contribution >= 4 is 17.4 Å². The largest absolute Gasteiger partial charge is 0.374 e. The maximum absolute atomic E-state index is 8.91. The summed E-state index contributed by atoms with van der Waals surface area (Å²) >= 11 is 6.08. The number of ether oxygens (including phenoxy) is 1. The molecule has 0 bridgehead atoms. The Labute approximate surface area is 118 Å². The molecule has 0 aliphatic carbocycles. The number of hydrogen-bond acceptors (Lipinski definition) is 5. The van der Waals surface area contributed by atoms with E-state index in [1.54, 1.807) is 12.3 Å². The summed E-state index contributed by atoms with van der Waals surface area (Å²) in [5.41, 5.74) is 0.430. The zero-order valence-corrected chi connectivity index (χ0v) is 11.7. The number of nitrogens with one attached hydrogen (secondary N) is 1. The van der Waals surface area contributed by atoms with Crippen molar-refractivity contribution in [3.63, 3.8) is 0 Å². The monoisotopic (exact) mass is 280 g/mol. The lowest BCUT2D eigenvalue weighted by Gasteiger charge is -2.32. The van der Waals surface area contributed by atoms with Crippen LogP contribution < -0.4 is 5.32 Å². The number of nitrogens with zero attached hydrogens (tertiary/aromatic N) is 3. The smallest absolute Gasteiger partial charge is 0.146 e. The Morgan fingerprint density at radius 1 is 1.68 bits per heavy atom. The molecule has 0 aromatic carbocycles. The van der Waals surface area contributed by atoms with Gasteiger partial charge in [-0.15, -0.1) is 0 Å². The van der Waals surface area contributed by atoms with Crippen LogP contribution >= 0.6 is 11.6 Å².